The second-order valence-electron chi connectivity index (χ2n) is 3.18. The number of imidazole rings is 1. The summed E-state index contributed by atoms with van der Waals surface area (Å²) in [4.78, 5) is 12.7. The van der Waals surface area contributed by atoms with Crippen molar-refractivity contribution in [2.75, 3.05) is 0 Å². The Morgan fingerprint density at radius 1 is 1.00 bits per heavy atom. The Kier molecular flexibility index (Phi) is 1.71. The lowest BCUT2D eigenvalue weighted by molar-refractivity contribution is 1.13. The highest BCUT2D eigenvalue weighted by molar-refractivity contribution is 5.72. The molecule has 0 atom stereocenters. The summed E-state index contributed by atoms with van der Waals surface area (Å²) in [5.41, 5.74) is 2.69. The van der Waals surface area contributed by atoms with Gasteiger partial charge < -0.3 is 4.40 Å². The normalized spacial score (nSPS) is 10.7. The van der Waals surface area contributed by atoms with E-state index in [9.17, 15) is 0 Å². The second kappa shape index (κ2) is 3.16. The van der Waals surface area contributed by atoms with Crippen LogP contribution in [-0.4, -0.2) is 19.4 Å². The molecule has 0 aliphatic heterocycles. The standard InChI is InChI=1S/C11H8N4/c1-2-9(8-12-3-1)10-11-14-5-7-15(11)6-4-13-10/h1-8H. The average Bonchev–Trinajstić information content (AvgIpc) is 2.78. The molecular weight excluding hydrogens is 188 g/mol. The van der Waals surface area contributed by atoms with E-state index in [4.69, 9.17) is 0 Å². The quantitative estimate of drug-likeness (QED) is 0.596. The van der Waals surface area contributed by atoms with Crippen LogP contribution < -0.4 is 0 Å². The van der Waals surface area contributed by atoms with Crippen LogP contribution in [0.1, 0.15) is 0 Å². The molecule has 3 aromatic heterocycles. The van der Waals surface area contributed by atoms with Gasteiger partial charge in [-0.25, -0.2) is 4.98 Å². The molecule has 0 saturated heterocycles. The molecule has 0 aromatic carbocycles. The third-order valence-corrected chi connectivity index (χ3v) is 2.25. The highest BCUT2D eigenvalue weighted by Crippen LogP contribution is 2.18. The van der Waals surface area contributed by atoms with Crippen LogP contribution in [0.2, 0.25) is 0 Å². The van der Waals surface area contributed by atoms with E-state index in [-0.39, 0.29) is 0 Å². The Morgan fingerprint density at radius 2 is 1.87 bits per heavy atom. The van der Waals surface area contributed by atoms with Crippen LogP contribution in [0, 0.1) is 0 Å². The van der Waals surface area contributed by atoms with Gasteiger partial charge in [-0.15, -0.1) is 0 Å². The number of hydrogen-bond acceptors (Lipinski definition) is 3. The smallest absolute Gasteiger partial charge is 0.163 e. The van der Waals surface area contributed by atoms with Crippen LogP contribution in [0.25, 0.3) is 16.9 Å². The molecule has 0 saturated carbocycles. The number of aromatic nitrogens is 4. The first kappa shape index (κ1) is 8.11. The van der Waals surface area contributed by atoms with Gasteiger partial charge in [0.05, 0.1) is 0 Å². The molecule has 3 heterocycles. The molecule has 0 amide bonds. The summed E-state index contributed by atoms with van der Waals surface area (Å²) in [6, 6.07) is 3.87. The number of rotatable bonds is 1. The van der Waals surface area contributed by atoms with E-state index >= 15 is 0 Å². The Morgan fingerprint density at radius 3 is 2.67 bits per heavy atom. The number of pyridine rings is 1. The fourth-order valence-corrected chi connectivity index (χ4v) is 1.56. The van der Waals surface area contributed by atoms with Gasteiger partial charge in [0, 0.05) is 42.7 Å². The Balaban J connectivity index is 2.31. The first-order chi connectivity index (χ1) is 7.45. The molecule has 4 heteroatoms. The number of hydrogen-bond donors (Lipinski definition) is 0. The van der Waals surface area contributed by atoms with Gasteiger partial charge in [-0.05, 0) is 12.1 Å². The molecule has 0 fully saturated rings. The summed E-state index contributed by atoms with van der Waals surface area (Å²) in [5.74, 6) is 0. The lowest BCUT2D eigenvalue weighted by atomic mass is 10.2. The third kappa shape index (κ3) is 1.27. The van der Waals surface area contributed by atoms with Crippen LogP contribution in [-0.2, 0) is 0 Å². The van der Waals surface area contributed by atoms with E-state index in [0.29, 0.717) is 0 Å². The van der Waals surface area contributed by atoms with Crippen LogP contribution in [0.4, 0.5) is 0 Å². The lowest BCUT2D eigenvalue weighted by Crippen LogP contribution is -1.91. The first-order valence-electron chi connectivity index (χ1n) is 4.63. The molecule has 15 heavy (non-hydrogen) atoms. The summed E-state index contributed by atoms with van der Waals surface area (Å²) in [6.07, 6.45) is 10.8. The minimum atomic E-state index is 0.852. The largest absolute Gasteiger partial charge is 0.304 e. The van der Waals surface area contributed by atoms with E-state index in [1.54, 1.807) is 24.8 Å². The molecule has 0 radical (unpaired) electrons. The van der Waals surface area contributed by atoms with Crippen molar-refractivity contribution >= 4 is 5.65 Å². The van der Waals surface area contributed by atoms with Crippen molar-refractivity contribution in [1.82, 2.24) is 19.4 Å². The fourth-order valence-electron chi connectivity index (χ4n) is 1.56. The zero-order valence-corrected chi connectivity index (χ0v) is 7.91. The summed E-state index contributed by atoms with van der Waals surface area (Å²) < 4.78 is 1.94. The Hall–Kier alpha value is -2.23. The molecule has 0 unspecified atom stereocenters. The van der Waals surface area contributed by atoms with Crippen molar-refractivity contribution in [2.24, 2.45) is 0 Å². The minimum Gasteiger partial charge on any atom is -0.304 e. The highest BCUT2D eigenvalue weighted by Gasteiger charge is 2.05. The van der Waals surface area contributed by atoms with Crippen molar-refractivity contribution in [3.05, 3.63) is 49.3 Å². The van der Waals surface area contributed by atoms with Gasteiger partial charge in [0.15, 0.2) is 5.65 Å². The van der Waals surface area contributed by atoms with Crippen molar-refractivity contribution in [2.45, 2.75) is 0 Å². The van der Waals surface area contributed by atoms with Gasteiger partial charge in [0.1, 0.15) is 5.69 Å². The summed E-state index contributed by atoms with van der Waals surface area (Å²) >= 11 is 0. The second-order valence-corrected chi connectivity index (χ2v) is 3.18. The van der Waals surface area contributed by atoms with Crippen molar-refractivity contribution in [3.8, 4) is 11.3 Å². The van der Waals surface area contributed by atoms with Crippen LogP contribution in [0.5, 0.6) is 0 Å². The Labute approximate surface area is 86.3 Å². The molecule has 3 aromatic rings. The van der Waals surface area contributed by atoms with Gasteiger partial charge in [0.25, 0.3) is 0 Å². The zero-order chi connectivity index (χ0) is 10.1. The maximum Gasteiger partial charge on any atom is 0.163 e. The topological polar surface area (TPSA) is 43.1 Å². The minimum absolute atomic E-state index is 0.852. The third-order valence-electron chi connectivity index (χ3n) is 2.25. The van der Waals surface area contributed by atoms with E-state index in [1.807, 2.05) is 28.9 Å². The predicted octanol–water partition coefficient (Wildman–Crippen LogP) is 1.79. The average molecular weight is 196 g/mol. The monoisotopic (exact) mass is 196 g/mol. The summed E-state index contributed by atoms with van der Waals surface area (Å²) in [6.45, 7) is 0. The molecule has 0 spiro atoms. The first-order valence-corrected chi connectivity index (χ1v) is 4.63. The predicted molar refractivity (Wildman–Crippen MR) is 56.2 cm³/mol. The molecule has 0 bridgehead atoms. The van der Waals surface area contributed by atoms with E-state index in [1.165, 1.54) is 0 Å². The van der Waals surface area contributed by atoms with Gasteiger partial charge in [-0.3, -0.25) is 9.97 Å². The van der Waals surface area contributed by atoms with Crippen molar-refractivity contribution < 1.29 is 0 Å². The molecule has 3 rings (SSSR count). The number of nitrogens with zero attached hydrogens (tertiary/aromatic N) is 4. The molecule has 0 N–H and O–H groups in total. The van der Waals surface area contributed by atoms with Gasteiger partial charge in [0.2, 0.25) is 0 Å². The van der Waals surface area contributed by atoms with Crippen LogP contribution in [0.15, 0.2) is 49.3 Å². The zero-order valence-electron chi connectivity index (χ0n) is 7.91. The van der Waals surface area contributed by atoms with Crippen LogP contribution in [0.3, 0.4) is 0 Å². The van der Waals surface area contributed by atoms with E-state index in [0.717, 1.165) is 16.9 Å². The summed E-state index contributed by atoms with van der Waals surface area (Å²) in [5, 5.41) is 0. The molecular formula is C11H8N4. The highest BCUT2D eigenvalue weighted by atomic mass is 15.0. The van der Waals surface area contributed by atoms with Crippen LogP contribution >= 0.6 is 0 Å². The van der Waals surface area contributed by atoms with E-state index < -0.39 is 0 Å². The van der Waals surface area contributed by atoms with Gasteiger partial charge >= 0.3 is 0 Å². The maximum atomic E-state index is 4.33. The molecule has 0 aliphatic rings. The van der Waals surface area contributed by atoms with Crippen molar-refractivity contribution in [3.63, 3.8) is 0 Å². The maximum absolute atomic E-state index is 4.33. The fraction of sp³-hybridized carbons (Fsp3) is 0. The van der Waals surface area contributed by atoms with Gasteiger partial charge in [-0.1, -0.05) is 0 Å². The van der Waals surface area contributed by atoms with E-state index in [2.05, 4.69) is 15.0 Å². The molecule has 0 aliphatic carbocycles. The van der Waals surface area contributed by atoms with Crippen molar-refractivity contribution in [1.29, 1.82) is 0 Å². The van der Waals surface area contributed by atoms with Gasteiger partial charge in [-0.2, -0.15) is 0 Å². The molecule has 4 nitrogen and oxygen atoms in total. The Bertz CT molecular complexity index is 586. The number of fused-ring (bicyclic) bond motifs is 1. The lowest BCUT2D eigenvalue weighted by Gasteiger charge is -2.01. The molecule has 72 valence electrons. The SMILES string of the molecule is c1cncc(-c2nccn3ccnc23)c1. The summed E-state index contributed by atoms with van der Waals surface area (Å²) in [7, 11) is 0.